The van der Waals surface area contributed by atoms with Gasteiger partial charge in [-0.3, -0.25) is 14.2 Å². The van der Waals surface area contributed by atoms with E-state index >= 15 is 0 Å². The number of nitrogens with zero attached hydrogens (tertiary/aromatic N) is 4. The third-order valence-corrected chi connectivity index (χ3v) is 9.03. The van der Waals surface area contributed by atoms with Crippen molar-refractivity contribution in [2.75, 3.05) is 24.7 Å². The number of aromatic nitrogens is 3. The van der Waals surface area contributed by atoms with Crippen molar-refractivity contribution >= 4 is 41.5 Å². The molecule has 45 heavy (non-hydrogen) atoms. The zero-order valence-corrected chi connectivity index (χ0v) is 25.3. The summed E-state index contributed by atoms with van der Waals surface area (Å²) in [5.41, 5.74) is 0.724. The molecular weight excluding hydrogens is 610 g/mol. The number of carbonyl (C=O) groups excluding carboxylic acids is 2. The number of aryl methyl sites for hydroxylation is 1. The molecule has 3 aromatic heterocycles. The number of anilines is 1. The highest BCUT2D eigenvalue weighted by Crippen LogP contribution is 2.48. The molecule has 14 heteroatoms. The van der Waals surface area contributed by atoms with Crippen LogP contribution in [0.4, 0.5) is 18.9 Å². The number of amides is 1. The van der Waals surface area contributed by atoms with Crippen molar-refractivity contribution in [1.82, 2.24) is 14.0 Å². The van der Waals surface area contributed by atoms with Crippen LogP contribution in [0, 0.1) is 11.3 Å². The Balaban J connectivity index is 1.48. The summed E-state index contributed by atoms with van der Waals surface area (Å²) in [6, 6.07) is 14.6. The lowest BCUT2D eigenvalue weighted by atomic mass is 9.98. The Bertz CT molecular complexity index is 2030. The van der Waals surface area contributed by atoms with Gasteiger partial charge < -0.3 is 23.3 Å². The summed E-state index contributed by atoms with van der Waals surface area (Å²) >= 11 is 0. The molecule has 0 aliphatic rings. The predicted octanol–water partition coefficient (Wildman–Crippen LogP) is 6.82. The van der Waals surface area contributed by atoms with Crippen LogP contribution in [-0.4, -0.2) is 45.0 Å². The van der Waals surface area contributed by atoms with Crippen molar-refractivity contribution in [3.63, 3.8) is 0 Å². The third-order valence-electron chi connectivity index (χ3n) is 7.05. The van der Waals surface area contributed by atoms with Crippen molar-refractivity contribution in [3.05, 3.63) is 89.5 Å². The van der Waals surface area contributed by atoms with Crippen molar-refractivity contribution < 1.29 is 36.4 Å². The predicted molar refractivity (Wildman–Crippen MR) is 161 cm³/mol. The van der Waals surface area contributed by atoms with Gasteiger partial charge in [-0.15, -0.1) is 0 Å². The number of rotatable bonds is 10. The molecule has 232 valence electrons. The summed E-state index contributed by atoms with van der Waals surface area (Å²) in [6.45, 7) is 3.37. The Morgan fingerprint density at radius 2 is 1.76 bits per heavy atom. The van der Waals surface area contributed by atoms with E-state index in [1.54, 1.807) is 45.3 Å². The van der Waals surface area contributed by atoms with E-state index < -0.39 is 37.2 Å². The molecule has 0 aliphatic carbocycles. The first-order chi connectivity index (χ1) is 21.4. The molecule has 3 heterocycles. The number of nitriles is 1. The van der Waals surface area contributed by atoms with Gasteiger partial charge in [-0.05, 0) is 67.9 Å². The number of ketones is 1. The van der Waals surface area contributed by atoms with Gasteiger partial charge in [0.25, 0.3) is 0 Å². The van der Waals surface area contributed by atoms with E-state index in [1.165, 1.54) is 45.6 Å². The van der Waals surface area contributed by atoms with E-state index in [-0.39, 0.29) is 46.8 Å². The largest absolute Gasteiger partial charge is 0.417 e. The fourth-order valence-corrected chi connectivity index (χ4v) is 6.58. The fourth-order valence-electron chi connectivity index (χ4n) is 5.11. The molecule has 5 rings (SSSR count). The molecule has 0 fully saturated rings. The first-order valence-electron chi connectivity index (χ1n) is 13.8. The average Bonchev–Trinajstić information content (AvgIpc) is 3.59. The molecule has 0 saturated carbocycles. The molecule has 0 aliphatic heterocycles. The molecule has 0 bridgehead atoms. The summed E-state index contributed by atoms with van der Waals surface area (Å²) in [5.74, 6) is -1.21. The zero-order chi connectivity index (χ0) is 32.5. The Kier molecular flexibility index (Phi) is 8.67. The first kappa shape index (κ1) is 31.7. The number of halogens is 3. The van der Waals surface area contributed by atoms with Gasteiger partial charge in [0.2, 0.25) is 11.7 Å². The Hall–Kier alpha value is -4.76. The molecule has 0 atom stereocenters. The number of carbonyl (C=O) groups is 2. The molecule has 10 nitrogen and oxygen atoms in total. The molecule has 1 N–H and O–H groups in total. The molecule has 0 saturated heterocycles. The highest BCUT2D eigenvalue weighted by molar-refractivity contribution is 7.54. The number of hydrogen-bond acceptors (Lipinski definition) is 7. The SMILES string of the molecule is CCOP(=O)(CC(=O)Nc1ccc(C(=O)c2ccc3c(-c4cc5ncn(C)c5cc4C(F)(F)F)cccn23)cc1C#N)OCC. The van der Waals surface area contributed by atoms with Gasteiger partial charge in [-0.25, -0.2) is 4.98 Å². The fraction of sp³-hybridized carbons (Fsp3) is 0.226. The maximum atomic E-state index is 14.2. The van der Waals surface area contributed by atoms with Gasteiger partial charge >= 0.3 is 13.8 Å². The second-order valence-electron chi connectivity index (χ2n) is 9.99. The van der Waals surface area contributed by atoms with Crippen LogP contribution in [0.1, 0.15) is 41.0 Å². The number of pyridine rings is 1. The normalized spacial score (nSPS) is 12.0. The number of nitrogens with one attached hydrogen (secondary N) is 1. The van der Waals surface area contributed by atoms with Crippen LogP contribution in [0.3, 0.4) is 0 Å². The standard InChI is InChI=1S/C31H27F3N5O5P/c1-4-43-45(42,44-5-2)17-29(40)37-24-9-8-19(13-20(24)16-35)30(41)27-11-10-26-21(7-6-12-39(26)27)22-14-25-28(38(3)18-36-25)15-23(22)31(32,33)34/h6-15,18H,4-5,17H2,1-3H3,(H,37,40). The van der Waals surface area contributed by atoms with Gasteiger partial charge in [-0.2, -0.15) is 18.4 Å². The van der Waals surface area contributed by atoms with Gasteiger partial charge in [0, 0.05) is 24.4 Å². The van der Waals surface area contributed by atoms with Crippen molar-refractivity contribution in [2.45, 2.75) is 20.0 Å². The lowest BCUT2D eigenvalue weighted by molar-refractivity contribution is -0.137. The highest BCUT2D eigenvalue weighted by Gasteiger charge is 2.35. The Morgan fingerprint density at radius 3 is 2.42 bits per heavy atom. The summed E-state index contributed by atoms with van der Waals surface area (Å²) in [7, 11) is -2.07. The van der Waals surface area contributed by atoms with Crippen molar-refractivity contribution in [1.29, 1.82) is 5.26 Å². The van der Waals surface area contributed by atoms with Crippen LogP contribution >= 0.6 is 7.60 Å². The minimum absolute atomic E-state index is 0.0307. The first-order valence-corrected chi connectivity index (χ1v) is 15.5. The van der Waals surface area contributed by atoms with Crippen LogP contribution in [-0.2, 0) is 31.6 Å². The smallest absolute Gasteiger partial charge is 0.334 e. The molecule has 2 aromatic carbocycles. The lowest BCUT2D eigenvalue weighted by Crippen LogP contribution is -2.19. The average molecular weight is 638 g/mol. The minimum Gasteiger partial charge on any atom is -0.334 e. The van der Waals surface area contributed by atoms with E-state index in [2.05, 4.69) is 10.3 Å². The maximum absolute atomic E-state index is 14.2. The molecular formula is C31H27F3N5O5P. The highest BCUT2D eigenvalue weighted by atomic mass is 31.2. The number of benzene rings is 2. The molecule has 1 amide bonds. The molecule has 0 unspecified atom stereocenters. The topological polar surface area (TPSA) is 128 Å². The summed E-state index contributed by atoms with van der Waals surface area (Å²) in [5, 5.41) is 12.3. The molecule has 5 aromatic rings. The number of imidazole rings is 1. The third kappa shape index (κ3) is 6.26. The van der Waals surface area contributed by atoms with Gasteiger partial charge in [-0.1, -0.05) is 6.07 Å². The minimum atomic E-state index is -4.65. The van der Waals surface area contributed by atoms with E-state index in [0.29, 0.717) is 16.6 Å². The monoisotopic (exact) mass is 637 g/mol. The Labute approximate surface area is 255 Å². The summed E-state index contributed by atoms with van der Waals surface area (Å²) < 4.78 is 68.7. The second-order valence-corrected chi connectivity index (χ2v) is 12.0. The van der Waals surface area contributed by atoms with E-state index in [0.717, 1.165) is 6.07 Å². The number of hydrogen-bond donors (Lipinski definition) is 1. The van der Waals surface area contributed by atoms with Gasteiger partial charge in [0.05, 0.1) is 58.6 Å². The van der Waals surface area contributed by atoms with Crippen molar-refractivity contribution in [3.8, 4) is 17.2 Å². The van der Waals surface area contributed by atoms with Crippen LogP contribution in [0.2, 0.25) is 0 Å². The maximum Gasteiger partial charge on any atom is 0.417 e. The number of fused-ring (bicyclic) bond motifs is 2. The van der Waals surface area contributed by atoms with Crippen LogP contribution in [0.15, 0.2) is 67.1 Å². The van der Waals surface area contributed by atoms with Crippen molar-refractivity contribution in [2.24, 2.45) is 7.05 Å². The van der Waals surface area contributed by atoms with E-state index in [1.807, 2.05) is 6.07 Å². The molecule has 0 spiro atoms. The second kappa shape index (κ2) is 12.3. The van der Waals surface area contributed by atoms with Gasteiger partial charge in [0.15, 0.2) is 0 Å². The van der Waals surface area contributed by atoms with Gasteiger partial charge in [0.1, 0.15) is 12.2 Å². The summed E-state index contributed by atoms with van der Waals surface area (Å²) in [4.78, 5) is 30.4. The Morgan fingerprint density at radius 1 is 1.02 bits per heavy atom. The lowest BCUT2D eigenvalue weighted by Gasteiger charge is -2.17. The summed E-state index contributed by atoms with van der Waals surface area (Å²) in [6.07, 6.45) is -2.22. The van der Waals surface area contributed by atoms with E-state index in [9.17, 15) is 32.6 Å². The van der Waals surface area contributed by atoms with Crippen LogP contribution in [0.5, 0.6) is 0 Å². The quantitative estimate of drug-likeness (QED) is 0.132. The number of alkyl halides is 3. The van der Waals surface area contributed by atoms with Crippen LogP contribution in [0.25, 0.3) is 27.7 Å². The van der Waals surface area contributed by atoms with E-state index in [4.69, 9.17) is 9.05 Å². The van der Waals surface area contributed by atoms with Crippen LogP contribution < -0.4 is 5.32 Å². The zero-order valence-electron chi connectivity index (χ0n) is 24.4. The molecule has 0 radical (unpaired) electrons.